The van der Waals surface area contributed by atoms with E-state index >= 15 is 0 Å². The quantitative estimate of drug-likeness (QED) is 0.0962. The molecule has 11 N–H and O–H groups in total. The van der Waals surface area contributed by atoms with Crippen LogP contribution in [-0.2, 0) is 35.2 Å². The van der Waals surface area contributed by atoms with E-state index in [4.69, 9.17) is 21.7 Å². The predicted molar refractivity (Wildman–Crippen MR) is 141 cm³/mol. The summed E-state index contributed by atoms with van der Waals surface area (Å²) in [5, 5.41) is 36.9. The summed E-state index contributed by atoms with van der Waals surface area (Å²) in [4.78, 5) is 68.8. The number of hydrogen-bond donors (Lipinski definition) is 9. The number of carboxylic acids is 2. The SMILES string of the molecule is N[C@H](CS[C@@]1(CO)NC(=O)[C@@](Cc2ccccc2)(SC[C@@H](N)C(=O)NCC(=O)O)NC1=O)C(=O)NCC(=O)O. The molecule has 0 aromatic heterocycles. The fourth-order valence-electron chi connectivity index (χ4n) is 3.30. The van der Waals surface area contributed by atoms with Crippen LogP contribution in [0.15, 0.2) is 30.3 Å². The summed E-state index contributed by atoms with van der Waals surface area (Å²) in [6, 6.07) is 6.19. The summed E-state index contributed by atoms with van der Waals surface area (Å²) in [5.41, 5.74) is 12.3. The number of thioether (sulfide) groups is 2. The summed E-state index contributed by atoms with van der Waals surface area (Å²) in [6.45, 7) is -2.16. The Morgan fingerprint density at radius 1 is 0.821 bits per heavy atom. The molecule has 214 valence electrons. The number of hydrogen-bond acceptors (Lipinski definition) is 11. The molecule has 1 heterocycles. The van der Waals surface area contributed by atoms with E-state index in [9.17, 15) is 33.9 Å². The average Bonchev–Trinajstić information content (AvgIpc) is 2.90. The third-order valence-corrected chi connectivity index (χ3v) is 8.29. The zero-order valence-corrected chi connectivity index (χ0v) is 22.2. The largest absolute Gasteiger partial charge is 0.480 e. The summed E-state index contributed by atoms with van der Waals surface area (Å²) < 4.78 is 0. The smallest absolute Gasteiger partial charge is 0.322 e. The second kappa shape index (κ2) is 14.1. The number of carbonyl (C=O) groups is 6. The number of nitrogens with one attached hydrogen (secondary N) is 4. The van der Waals surface area contributed by atoms with Crippen LogP contribution in [0.25, 0.3) is 0 Å². The number of aliphatic carboxylic acids is 2. The fourth-order valence-corrected chi connectivity index (χ4v) is 5.59. The number of carbonyl (C=O) groups excluding carboxylic acids is 4. The van der Waals surface area contributed by atoms with E-state index in [-0.39, 0.29) is 17.9 Å². The highest BCUT2D eigenvalue weighted by Crippen LogP contribution is 2.36. The number of aliphatic hydroxyl groups excluding tert-OH is 1. The van der Waals surface area contributed by atoms with Crippen molar-refractivity contribution in [2.24, 2.45) is 11.5 Å². The molecule has 2 rings (SSSR count). The number of aliphatic hydroxyl groups is 1. The number of nitrogens with two attached hydrogens (primary N) is 2. The topological polar surface area (TPSA) is 263 Å². The molecular weight excluding hydrogens is 556 g/mol. The summed E-state index contributed by atoms with van der Waals surface area (Å²) in [6.07, 6.45) is -0.0250. The van der Waals surface area contributed by atoms with Crippen molar-refractivity contribution in [2.75, 3.05) is 31.2 Å². The fraction of sp³-hybridized carbons (Fsp3) is 0.455. The van der Waals surface area contributed by atoms with Gasteiger partial charge >= 0.3 is 11.9 Å². The first-order valence-corrected chi connectivity index (χ1v) is 13.4. The lowest BCUT2D eigenvalue weighted by molar-refractivity contribution is -0.140. The van der Waals surface area contributed by atoms with Crippen LogP contribution in [0.4, 0.5) is 0 Å². The highest BCUT2D eigenvalue weighted by Gasteiger charge is 2.54. The minimum atomic E-state index is -1.91. The Labute approximate surface area is 231 Å². The third kappa shape index (κ3) is 8.82. The van der Waals surface area contributed by atoms with Crippen molar-refractivity contribution in [2.45, 2.75) is 28.2 Å². The van der Waals surface area contributed by atoms with Gasteiger partial charge in [-0.25, -0.2) is 0 Å². The van der Waals surface area contributed by atoms with Gasteiger partial charge in [0.1, 0.15) is 13.1 Å². The van der Waals surface area contributed by atoms with Gasteiger partial charge in [0, 0.05) is 17.9 Å². The molecule has 0 saturated carbocycles. The van der Waals surface area contributed by atoms with Crippen LogP contribution in [0.2, 0.25) is 0 Å². The second-order valence-electron chi connectivity index (χ2n) is 8.44. The van der Waals surface area contributed by atoms with Gasteiger partial charge in [-0.05, 0) is 5.56 Å². The third-order valence-electron chi connectivity index (χ3n) is 5.40. The van der Waals surface area contributed by atoms with E-state index in [1.807, 2.05) is 0 Å². The van der Waals surface area contributed by atoms with Gasteiger partial charge in [0.25, 0.3) is 11.8 Å². The summed E-state index contributed by atoms with van der Waals surface area (Å²) >= 11 is 1.55. The predicted octanol–water partition coefficient (Wildman–Crippen LogP) is -3.62. The van der Waals surface area contributed by atoms with E-state index in [0.717, 1.165) is 11.8 Å². The lowest BCUT2D eigenvalue weighted by atomic mass is 10.0. The Hall–Kier alpha value is -3.38. The van der Waals surface area contributed by atoms with Crippen LogP contribution >= 0.6 is 23.5 Å². The van der Waals surface area contributed by atoms with Crippen molar-refractivity contribution in [3.05, 3.63) is 35.9 Å². The molecule has 1 aromatic rings. The van der Waals surface area contributed by atoms with Crippen LogP contribution in [0, 0.1) is 0 Å². The Morgan fingerprint density at radius 2 is 1.26 bits per heavy atom. The van der Waals surface area contributed by atoms with E-state index in [1.54, 1.807) is 30.3 Å². The molecule has 17 heteroatoms. The van der Waals surface area contributed by atoms with Gasteiger partial charge < -0.3 is 48.1 Å². The summed E-state index contributed by atoms with van der Waals surface area (Å²) in [7, 11) is 0. The van der Waals surface area contributed by atoms with E-state index in [0.29, 0.717) is 17.3 Å². The summed E-state index contributed by atoms with van der Waals surface area (Å²) in [5.74, 6) is -6.07. The lowest BCUT2D eigenvalue weighted by Crippen LogP contribution is -2.75. The van der Waals surface area contributed by atoms with Gasteiger partial charge in [-0.15, -0.1) is 23.5 Å². The standard InChI is InChI=1S/C22H30N6O9S2/c23-13(17(34)25-7-15(30)31)9-38-21(6-12-4-2-1-3-5-12)19(36)28-22(11-29,20(37)27-21)39-10-14(24)18(35)26-8-16(32)33/h1-5,13-14,29H,6-11,23-24H2,(H,25,34)(H,26,35)(H,27,37)(H,28,36)(H,30,31)(H,32,33)/t13-,14-,21-,22-/m1/s1. The number of piperazine rings is 1. The molecule has 0 spiro atoms. The van der Waals surface area contributed by atoms with Crippen molar-refractivity contribution in [3.63, 3.8) is 0 Å². The number of carboxylic acid groups (broad SMARTS) is 2. The first kappa shape index (κ1) is 31.8. The number of rotatable bonds is 15. The highest BCUT2D eigenvalue weighted by atomic mass is 32.2. The molecule has 15 nitrogen and oxygen atoms in total. The van der Waals surface area contributed by atoms with Gasteiger partial charge in [-0.1, -0.05) is 30.3 Å². The van der Waals surface area contributed by atoms with Gasteiger partial charge in [0.2, 0.25) is 11.8 Å². The maximum absolute atomic E-state index is 13.5. The van der Waals surface area contributed by atoms with Crippen LogP contribution < -0.4 is 32.7 Å². The zero-order valence-electron chi connectivity index (χ0n) is 20.5. The van der Waals surface area contributed by atoms with E-state index in [1.165, 1.54) is 0 Å². The molecule has 0 aliphatic carbocycles. The van der Waals surface area contributed by atoms with Gasteiger partial charge in [-0.3, -0.25) is 28.8 Å². The van der Waals surface area contributed by atoms with Crippen molar-refractivity contribution in [3.8, 4) is 0 Å². The van der Waals surface area contributed by atoms with Gasteiger partial charge in [0.15, 0.2) is 9.74 Å². The van der Waals surface area contributed by atoms with E-state index in [2.05, 4.69) is 21.3 Å². The molecule has 0 unspecified atom stereocenters. The van der Waals surface area contributed by atoms with Crippen molar-refractivity contribution in [1.29, 1.82) is 0 Å². The van der Waals surface area contributed by atoms with Crippen LogP contribution in [0.1, 0.15) is 5.56 Å². The average molecular weight is 587 g/mol. The Bertz CT molecular complexity index is 1100. The first-order valence-electron chi connectivity index (χ1n) is 11.4. The normalized spacial score (nSPS) is 22.1. The van der Waals surface area contributed by atoms with Crippen molar-refractivity contribution < 1.29 is 44.1 Å². The molecule has 4 atom stereocenters. The lowest BCUT2D eigenvalue weighted by Gasteiger charge is -2.45. The van der Waals surface area contributed by atoms with E-state index < -0.39 is 77.1 Å². The molecule has 1 aliphatic heterocycles. The highest BCUT2D eigenvalue weighted by molar-refractivity contribution is 8.02. The Balaban J connectivity index is 2.21. The molecule has 39 heavy (non-hydrogen) atoms. The van der Waals surface area contributed by atoms with Crippen LogP contribution in [-0.4, -0.2) is 104 Å². The molecule has 1 saturated heterocycles. The second-order valence-corrected chi connectivity index (χ2v) is 11.1. The van der Waals surface area contributed by atoms with Crippen LogP contribution in [0.3, 0.4) is 0 Å². The molecule has 1 aromatic carbocycles. The number of amides is 4. The monoisotopic (exact) mass is 586 g/mol. The minimum Gasteiger partial charge on any atom is -0.480 e. The number of benzene rings is 1. The minimum absolute atomic E-state index is 0.0250. The Morgan fingerprint density at radius 3 is 1.72 bits per heavy atom. The van der Waals surface area contributed by atoms with Crippen molar-refractivity contribution >= 4 is 59.1 Å². The van der Waals surface area contributed by atoms with Crippen molar-refractivity contribution in [1.82, 2.24) is 21.3 Å². The molecule has 1 aliphatic rings. The van der Waals surface area contributed by atoms with Gasteiger partial charge in [0.05, 0.1) is 18.7 Å². The first-order chi connectivity index (χ1) is 18.3. The maximum Gasteiger partial charge on any atom is 0.322 e. The maximum atomic E-state index is 13.5. The molecule has 0 radical (unpaired) electrons. The molecule has 0 bridgehead atoms. The molecule has 1 fully saturated rings. The van der Waals surface area contributed by atoms with Gasteiger partial charge in [-0.2, -0.15) is 0 Å². The molecule has 4 amide bonds. The Kier molecular flexibility index (Phi) is 11.5. The van der Waals surface area contributed by atoms with Crippen LogP contribution in [0.5, 0.6) is 0 Å². The molecular formula is C22H30N6O9S2. The zero-order chi connectivity index (χ0) is 29.2.